The first-order valence-electron chi connectivity index (χ1n) is 9.32. The first kappa shape index (κ1) is 19.2. The molecule has 140 valence electrons. The number of hydrogen-bond acceptors (Lipinski definition) is 4. The predicted octanol–water partition coefficient (Wildman–Crippen LogP) is 5.27. The fourth-order valence-corrected chi connectivity index (χ4v) is 4.46. The van der Waals surface area contributed by atoms with Gasteiger partial charge < -0.3 is 9.47 Å². The van der Waals surface area contributed by atoms with E-state index >= 15 is 0 Å². The highest BCUT2D eigenvalue weighted by molar-refractivity contribution is 8.00. The third-order valence-electron chi connectivity index (χ3n) is 4.56. The zero-order chi connectivity index (χ0) is 18.7. The van der Waals surface area contributed by atoms with Gasteiger partial charge in [0.05, 0.1) is 12.5 Å². The summed E-state index contributed by atoms with van der Waals surface area (Å²) in [6, 6.07) is 7.86. The van der Waals surface area contributed by atoms with Crippen molar-refractivity contribution in [3.05, 3.63) is 53.8 Å². The molecule has 1 aromatic carbocycles. The fraction of sp³-hybridized carbons (Fsp3) is 0.500. The number of carbonyl (C=O) groups excluding carboxylic acids is 1. The zero-order valence-corrected chi connectivity index (χ0v) is 16.8. The molecule has 0 amide bonds. The van der Waals surface area contributed by atoms with Crippen molar-refractivity contribution in [2.24, 2.45) is 11.8 Å². The summed E-state index contributed by atoms with van der Waals surface area (Å²) in [5.74, 6) is 1.50. The summed E-state index contributed by atoms with van der Waals surface area (Å²) >= 11 is 1.75. The number of rotatable bonds is 7. The number of allylic oxidation sites excluding steroid dienone is 2. The third-order valence-corrected chi connectivity index (χ3v) is 5.87. The molecular weight excluding hydrogens is 344 g/mol. The highest BCUT2D eigenvalue weighted by Crippen LogP contribution is 2.42. The second kappa shape index (κ2) is 8.01. The maximum Gasteiger partial charge on any atom is 0.172 e. The normalized spacial score (nSPS) is 22.0. The minimum atomic E-state index is -0.304. The summed E-state index contributed by atoms with van der Waals surface area (Å²) in [4.78, 5) is 13.8. The maximum atomic E-state index is 12.7. The van der Waals surface area contributed by atoms with Gasteiger partial charge in [-0.3, -0.25) is 4.79 Å². The van der Waals surface area contributed by atoms with Crippen LogP contribution in [0.4, 0.5) is 0 Å². The highest BCUT2D eigenvalue weighted by Gasteiger charge is 2.36. The molecular formula is C22H28O3S. The van der Waals surface area contributed by atoms with Crippen molar-refractivity contribution in [3.63, 3.8) is 0 Å². The molecule has 2 atom stereocenters. The molecule has 0 spiro atoms. The van der Waals surface area contributed by atoms with Crippen molar-refractivity contribution in [2.45, 2.75) is 49.9 Å². The van der Waals surface area contributed by atoms with E-state index in [1.165, 1.54) is 0 Å². The molecule has 26 heavy (non-hydrogen) atoms. The number of thioether (sulfide) groups is 1. The monoisotopic (exact) mass is 372 g/mol. The van der Waals surface area contributed by atoms with Crippen LogP contribution in [0.1, 0.15) is 44.5 Å². The van der Waals surface area contributed by atoms with Crippen LogP contribution in [0.2, 0.25) is 0 Å². The Morgan fingerprint density at radius 1 is 1.23 bits per heavy atom. The maximum absolute atomic E-state index is 12.7. The van der Waals surface area contributed by atoms with Gasteiger partial charge in [-0.15, -0.1) is 11.8 Å². The predicted molar refractivity (Wildman–Crippen MR) is 107 cm³/mol. The first-order chi connectivity index (χ1) is 12.4. The van der Waals surface area contributed by atoms with Crippen molar-refractivity contribution in [3.8, 4) is 0 Å². The standard InChI is InChI=1S/C22H28O3S/c1-15(2)14-24-12-11-22(3,4)25-16-9-10-18-20(13-16)26-19-8-6-5-7-17(19)21(18)23/h5-10,13,15,18,20H,11-12,14H2,1-4H3. The van der Waals surface area contributed by atoms with Crippen LogP contribution in [0.15, 0.2) is 53.1 Å². The Morgan fingerprint density at radius 2 is 2.00 bits per heavy atom. The molecule has 0 fully saturated rings. The van der Waals surface area contributed by atoms with E-state index in [4.69, 9.17) is 9.47 Å². The van der Waals surface area contributed by atoms with Crippen LogP contribution in [-0.4, -0.2) is 29.8 Å². The van der Waals surface area contributed by atoms with E-state index in [2.05, 4.69) is 33.8 Å². The minimum Gasteiger partial charge on any atom is -0.488 e. The molecule has 2 aliphatic rings. The Balaban J connectivity index is 1.63. The molecule has 0 N–H and O–H groups in total. The molecule has 1 heterocycles. The van der Waals surface area contributed by atoms with Gasteiger partial charge in [-0.05, 0) is 38.0 Å². The van der Waals surface area contributed by atoms with Gasteiger partial charge in [0.2, 0.25) is 0 Å². The van der Waals surface area contributed by atoms with Crippen molar-refractivity contribution in [2.75, 3.05) is 13.2 Å². The van der Waals surface area contributed by atoms with E-state index in [-0.39, 0.29) is 22.6 Å². The zero-order valence-electron chi connectivity index (χ0n) is 16.0. The summed E-state index contributed by atoms with van der Waals surface area (Å²) in [6.07, 6.45) is 6.87. The Morgan fingerprint density at radius 3 is 2.77 bits per heavy atom. The van der Waals surface area contributed by atoms with Gasteiger partial charge in [-0.25, -0.2) is 0 Å². The van der Waals surface area contributed by atoms with Crippen LogP contribution in [0.3, 0.4) is 0 Å². The number of Topliss-reactive ketones (excluding diaryl/α,β-unsaturated/α-hetero) is 1. The van der Waals surface area contributed by atoms with E-state index < -0.39 is 0 Å². The van der Waals surface area contributed by atoms with Gasteiger partial charge in [0, 0.05) is 28.7 Å². The molecule has 3 nitrogen and oxygen atoms in total. The highest BCUT2D eigenvalue weighted by atomic mass is 32.2. The molecule has 2 unspecified atom stereocenters. The van der Waals surface area contributed by atoms with Crippen molar-refractivity contribution >= 4 is 17.5 Å². The molecule has 1 aliphatic heterocycles. The second-order valence-corrected chi connectivity index (χ2v) is 9.20. The van der Waals surface area contributed by atoms with Crippen LogP contribution in [-0.2, 0) is 9.47 Å². The lowest BCUT2D eigenvalue weighted by molar-refractivity contribution is -0.000130. The number of ketones is 1. The first-order valence-corrected chi connectivity index (χ1v) is 10.2. The van der Waals surface area contributed by atoms with E-state index in [1.807, 2.05) is 36.4 Å². The Labute approximate surface area is 160 Å². The molecule has 3 rings (SSSR count). The van der Waals surface area contributed by atoms with Crippen molar-refractivity contribution in [1.29, 1.82) is 0 Å². The van der Waals surface area contributed by atoms with Crippen molar-refractivity contribution in [1.82, 2.24) is 0 Å². The van der Waals surface area contributed by atoms with Crippen LogP contribution in [0.25, 0.3) is 0 Å². The van der Waals surface area contributed by atoms with Gasteiger partial charge in [-0.1, -0.05) is 38.1 Å². The fourth-order valence-electron chi connectivity index (χ4n) is 3.15. The largest absolute Gasteiger partial charge is 0.488 e. The number of benzene rings is 1. The van der Waals surface area contributed by atoms with Gasteiger partial charge in [0.15, 0.2) is 5.78 Å². The number of hydrogen-bond donors (Lipinski definition) is 0. The molecule has 1 aliphatic carbocycles. The van der Waals surface area contributed by atoms with Gasteiger partial charge >= 0.3 is 0 Å². The van der Waals surface area contributed by atoms with E-state index in [0.29, 0.717) is 12.5 Å². The Hall–Kier alpha value is -1.52. The van der Waals surface area contributed by atoms with E-state index in [1.54, 1.807) is 11.8 Å². The number of ether oxygens (including phenoxy) is 2. The average Bonchev–Trinajstić information content (AvgIpc) is 2.58. The van der Waals surface area contributed by atoms with Crippen LogP contribution >= 0.6 is 11.8 Å². The van der Waals surface area contributed by atoms with Gasteiger partial charge in [0.25, 0.3) is 0 Å². The van der Waals surface area contributed by atoms with E-state index in [9.17, 15) is 4.79 Å². The smallest absolute Gasteiger partial charge is 0.172 e. The lowest BCUT2D eigenvalue weighted by Crippen LogP contribution is -2.31. The molecule has 4 heteroatoms. The van der Waals surface area contributed by atoms with Crippen molar-refractivity contribution < 1.29 is 14.3 Å². The Kier molecular flexibility index (Phi) is 5.93. The van der Waals surface area contributed by atoms with Crippen LogP contribution < -0.4 is 0 Å². The number of carbonyl (C=O) groups is 1. The summed E-state index contributed by atoms with van der Waals surface area (Å²) < 4.78 is 11.9. The summed E-state index contributed by atoms with van der Waals surface area (Å²) in [6.45, 7) is 9.94. The summed E-state index contributed by atoms with van der Waals surface area (Å²) in [5, 5.41) is 0.102. The molecule has 0 radical (unpaired) electrons. The average molecular weight is 373 g/mol. The van der Waals surface area contributed by atoms with Crippen LogP contribution in [0.5, 0.6) is 0 Å². The third kappa shape index (κ3) is 4.60. The SMILES string of the molecule is CC(C)COCCC(C)(C)OC1=CC2Sc3ccccc3C(=O)C2C=C1. The molecule has 0 bridgehead atoms. The summed E-state index contributed by atoms with van der Waals surface area (Å²) in [7, 11) is 0. The molecule has 0 saturated heterocycles. The Bertz CT molecular complexity index is 718. The topological polar surface area (TPSA) is 35.5 Å². The lowest BCUT2D eigenvalue weighted by atomic mass is 9.90. The minimum absolute atomic E-state index is 0.0975. The molecule has 1 aromatic rings. The summed E-state index contributed by atoms with van der Waals surface area (Å²) in [5.41, 5.74) is 0.533. The van der Waals surface area contributed by atoms with Crippen LogP contribution in [0, 0.1) is 11.8 Å². The second-order valence-electron chi connectivity index (χ2n) is 7.98. The van der Waals surface area contributed by atoms with Gasteiger partial charge in [0.1, 0.15) is 11.4 Å². The lowest BCUT2D eigenvalue weighted by Gasteiger charge is -2.33. The number of fused-ring (bicyclic) bond motifs is 2. The molecule has 0 aromatic heterocycles. The van der Waals surface area contributed by atoms with Gasteiger partial charge in [-0.2, -0.15) is 0 Å². The molecule has 0 saturated carbocycles. The van der Waals surface area contributed by atoms with E-state index in [0.717, 1.165) is 29.2 Å². The quantitative estimate of drug-likeness (QED) is 0.611.